The van der Waals surface area contributed by atoms with Gasteiger partial charge < -0.3 is 19.6 Å². The largest absolute Gasteiger partial charge is 0.485 e. The topological polar surface area (TPSA) is 115 Å². The lowest BCUT2D eigenvalue weighted by Crippen LogP contribution is -2.19. The van der Waals surface area contributed by atoms with Crippen molar-refractivity contribution in [2.75, 3.05) is 5.32 Å². The highest BCUT2D eigenvalue weighted by Gasteiger charge is 2.13. The van der Waals surface area contributed by atoms with Crippen molar-refractivity contribution >= 4 is 11.6 Å². The average molecular weight is 405 g/mol. The summed E-state index contributed by atoms with van der Waals surface area (Å²) in [6.07, 6.45) is 1.62. The van der Waals surface area contributed by atoms with Crippen LogP contribution in [0.5, 0.6) is 5.75 Å². The standard InChI is InChI=1S/C21H19N5O4/c1-13-11-22-21(28)26(13)18-6-4-3-5-17(18)24-20(27)15-7-9-16(10-8-15)29-12-19-23-14(2)30-25-19/h3-11H,12H2,1-2H3,(H,22,28)(H,24,27). The molecule has 0 saturated carbocycles. The fourth-order valence-corrected chi connectivity index (χ4v) is 2.97. The van der Waals surface area contributed by atoms with Crippen LogP contribution in [0.4, 0.5) is 5.69 Å². The van der Waals surface area contributed by atoms with Crippen molar-refractivity contribution in [2.45, 2.75) is 20.5 Å². The lowest BCUT2D eigenvalue weighted by Gasteiger charge is -2.12. The number of ether oxygens (including phenoxy) is 1. The Morgan fingerprint density at radius 1 is 1.17 bits per heavy atom. The number of benzene rings is 2. The number of nitrogens with zero attached hydrogens (tertiary/aromatic N) is 3. The summed E-state index contributed by atoms with van der Waals surface area (Å²) in [6, 6.07) is 13.8. The maximum absolute atomic E-state index is 12.7. The summed E-state index contributed by atoms with van der Waals surface area (Å²) in [6.45, 7) is 3.68. The van der Waals surface area contributed by atoms with Gasteiger partial charge in [-0.25, -0.2) is 4.79 Å². The van der Waals surface area contributed by atoms with E-state index in [2.05, 4.69) is 20.4 Å². The Morgan fingerprint density at radius 2 is 1.93 bits per heavy atom. The molecule has 4 aromatic rings. The number of amides is 1. The smallest absolute Gasteiger partial charge is 0.330 e. The molecule has 30 heavy (non-hydrogen) atoms. The van der Waals surface area contributed by atoms with Crippen molar-refractivity contribution in [2.24, 2.45) is 0 Å². The van der Waals surface area contributed by atoms with Crippen LogP contribution in [-0.2, 0) is 6.61 Å². The van der Waals surface area contributed by atoms with E-state index in [0.29, 0.717) is 34.4 Å². The molecule has 2 aromatic carbocycles. The van der Waals surface area contributed by atoms with Gasteiger partial charge in [-0.3, -0.25) is 9.36 Å². The summed E-state index contributed by atoms with van der Waals surface area (Å²) in [5.41, 5.74) is 2.03. The minimum atomic E-state index is -0.302. The normalized spacial score (nSPS) is 10.7. The van der Waals surface area contributed by atoms with E-state index in [1.807, 2.05) is 6.92 Å². The summed E-state index contributed by atoms with van der Waals surface area (Å²) in [5.74, 6) is 1.19. The van der Waals surface area contributed by atoms with Crippen molar-refractivity contribution in [3.8, 4) is 11.4 Å². The predicted molar refractivity (Wildman–Crippen MR) is 109 cm³/mol. The predicted octanol–water partition coefficient (Wildman–Crippen LogP) is 3.00. The van der Waals surface area contributed by atoms with Crippen LogP contribution in [0.3, 0.4) is 0 Å². The summed E-state index contributed by atoms with van der Waals surface area (Å²) in [7, 11) is 0. The molecule has 0 aliphatic rings. The molecule has 0 aliphatic heterocycles. The number of nitrogens with one attached hydrogen (secondary N) is 2. The van der Waals surface area contributed by atoms with E-state index in [1.165, 1.54) is 4.57 Å². The number of carbonyl (C=O) groups excluding carboxylic acids is 1. The maximum Gasteiger partial charge on any atom is 0.330 e. The fourth-order valence-electron chi connectivity index (χ4n) is 2.97. The number of rotatable bonds is 6. The number of aryl methyl sites for hydroxylation is 2. The van der Waals surface area contributed by atoms with Gasteiger partial charge in [-0.15, -0.1) is 0 Å². The second kappa shape index (κ2) is 8.08. The number of carbonyl (C=O) groups is 1. The number of hydrogen-bond acceptors (Lipinski definition) is 6. The molecule has 0 spiro atoms. The van der Waals surface area contributed by atoms with E-state index in [4.69, 9.17) is 9.26 Å². The van der Waals surface area contributed by atoms with Crippen LogP contribution in [0, 0.1) is 13.8 Å². The van der Waals surface area contributed by atoms with E-state index in [-0.39, 0.29) is 18.2 Å². The molecule has 0 saturated heterocycles. The molecule has 0 unspecified atom stereocenters. The number of H-pyrrole nitrogens is 1. The molecule has 2 aromatic heterocycles. The highest BCUT2D eigenvalue weighted by atomic mass is 16.5. The van der Waals surface area contributed by atoms with Gasteiger partial charge in [0.15, 0.2) is 6.61 Å². The Bertz CT molecular complexity index is 1240. The molecular formula is C21H19N5O4. The molecule has 0 fully saturated rings. The van der Waals surface area contributed by atoms with Crippen LogP contribution in [0.1, 0.15) is 27.8 Å². The highest BCUT2D eigenvalue weighted by Crippen LogP contribution is 2.21. The van der Waals surface area contributed by atoms with Crippen molar-refractivity contribution < 1.29 is 14.1 Å². The second-order valence-electron chi connectivity index (χ2n) is 6.58. The van der Waals surface area contributed by atoms with Crippen molar-refractivity contribution in [3.63, 3.8) is 0 Å². The van der Waals surface area contributed by atoms with Crippen LogP contribution in [0.2, 0.25) is 0 Å². The molecule has 2 heterocycles. The highest BCUT2D eigenvalue weighted by molar-refractivity contribution is 6.05. The number of imidazole rings is 1. The lowest BCUT2D eigenvalue weighted by molar-refractivity contribution is 0.102. The van der Waals surface area contributed by atoms with Gasteiger partial charge in [0.05, 0.1) is 11.4 Å². The Labute approximate surface area is 171 Å². The minimum Gasteiger partial charge on any atom is -0.485 e. The molecule has 0 atom stereocenters. The average Bonchev–Trinajstić information content (AvgIpc) is 3.32. The van der Waals surface area contributed by atoms with Crippen molar-refractivity contribution in [1.29, 1.82) is 0 Å². The van der Waals surface area contributed by atoms with Crippen molar-refractivity contribution in [1.82, 2.24) is 19.7 Å². The molecular weight excluding hydrogens is 386 g/mol. The minimum absolute atomic E-state index is 0.168. The first-order valence-electron chi connectivity index (χ1n) is 9.21. The third-order valence-corrected chi connectivity index (χ3v) is 4.41. The zero-order valence-corrected chi connectivity index (χ0v) is 16.4. The van der Waals surface area contributed by atoms with Gasteiger partial charge in [0.25, 0.3) is 5.91 Å². The third kappa shape index (κ3) is 4.00. The van der Waals surface area contributed by atoms with Gasteiger partial charge >= 0.3 is 5.69 Å². The molecule has 2 N–H and O–H groups in total. The first-order chi connectivity index (χ1) is 14.5. The summed E-state index contributed by atoms with van der Waals surface area (Å²) < 4.78 is 12.0. The number of anilines is 1. The molecule has 4 rings (SSSR count). The summed E-state index contributed by atoms with van der Waals surface area (Å²) in [4.78, 5) is 31.5. The first kappa shape index (κ1) is 19.2. The molecule has 0 bridgehead atoms. The van der Waals surface area contributed by atoms with Crippen LogP contribution in [-0.4, -0.2) is 25.6 Å². The van der Waals surface area contributed by atoms with Crippen LogP contribution in [0.15, 0.2) is 64.0 Å². The Kier molecular flexibility index (Phi) is 5.17. The summed E-state index contributed by atoms with van der Waals surface area (Å²) >= 11 is 0. The van der Waals surface area contributed by atoms with Crippen LogP contribution in [0.25, 0.3) is 5.69 Å². The zero-order chi connectivity index (χ0) is 21.1. The van der Waals surface area contributed by atoms with Gasteiger partial charge in [0.1, 0.15) is 5.75 Å². The van der Waals surface area contributed by atoms with E-state index >= 15 is 0 Å². The van der Waals surface area contributed by atoms with E-state index in [9.17, 15) is 9.59 Å². The monoisotopic (exact) mass is 405 g/mol. The number of aromatic amines is 1. The molecule has 9 heteroatoms. The lowest BCUT2D eigenvalue weighted by atomic mass is 10.2. The Balaban J connectivity index is 1.48. The molecule has 0 aliphatic carbocycles. The Hall–Kier alpha value is -4.14. The van der Waals surface area contributed by atoms with Gasteiger partial charge in [0, 0.05) is 24.4 Å². The second-order valence-corrected chi connectivity index (χ2v) is 6.58. The quantitative estimate of drug-likeness (QED) is 0.510. The maximum atomic E-state index is 12.7. The van der Waals surface area contributed by atoms with Gasteiger partial charge in [-0.1, -0.05) is 17.3 Å². The molecule has 9 nitrogen and oxygen atoms in total. The van der Waals surface area contributed by atoms with Gasteiger partial charge in [-0.2, -0.15) is 4.98 Å². The summed E-state index contributed by atoms with van der Waals surface area (Å²) in [5, 5.41) is 6.63. The van der Waals surface area contributed by atoms with Gasteiger partial charge in [-0.05, 0) is 43.3 Å². The number of aromatic nitrogens is 4. The molecule has 0 radical (unpaired) electrons. The van der Waals surface area contributed by atoms with E-state index in [1.54, 1.807) is 61.7 Å². The van der Waals surface area contributed by atoms with Gasteiger partial charge in [0.2, 0.25) is 11.7 Å². The van der Waals surface area contributed by atoms with Crippen LogP contribution < -0.4 is 15.7 Å². The third-order valence-electron chi connectivity index (χ3n) is 4.41. The number of hydrogen-bond donors (Lipinski definition) is 2. The number of para-hydroxylation sites is 2. The fraction of sp³-hybridized carbons (Fsp3) is 0.143. The Morgan fingerprint density at radius 3 is 2.60 bits per heavy atom. The molecule has 1 amide bonds. The van der Waals surface area contributed by atoms with Crippen molar-refractivity contribution in [3.05, 3.63) is 88.2 Å². The molecule has 152 valence electrons. The van der Waals surface area contributed by atoms with E-state index < -0.39 is 0 Å². The first-order valence-corrected chi connectivity index (χ1v) is 9.21. The zero-order valence-electron chi connectivity index (χ0n) is 16.4. The van der Waals surface area contributed by atoms with Crippen LogP contribution >= 0.6 is 0 Å². The van der Waals surface area contributed by atoms with E-state index in [0.717, 1.165) is 5.69 Å². The SMILES string of the molecule is Cc1nc(COc2ccc(C(=O)Nc3ccccc3-n3c(C)c[nH]c3=O)cc2)no1.